The average Bonchev–Trinajstić information content (AvgIpc) is 2.70. The highest BCUT2D eigenvalue weighted by atomic mass is 19.1. The third-order valence-corrected chi connectivity index (χ3v) is 5.76. The molecule has 2 saturated heterocycles. The number of rotatable bonds is 6. The van der Waals surface area contributed by atoms with Crippen LogP contribution in [0.25, 0.3) is 0 Å². The first kappa shape index (κ1) is 22.6. The zero-order chi connectivity index (χ0) is 21.7. The van der Waals surface area contributed by atoms with E-state index in [-0.39, 0.29) is 29.6 Å². The number of halogens is 2. The Morgan fingerprint density at radius 2 is 1.80 bits per heavy atom. The van der Waals surface area contributed by atoms with E-state index in [1.807, 2.05) is 0 Å². The molecule has 0 aliphatic carbocycles. The Morgan fingerprint density at radius 1 is 1.13 bits per heavy atom. The molecule has 2 heterocycles. The Kier molecular flexibility index (Phi) is 7.77. The predicted octanol–water partition coefficient (Wildman–Crippen LogP) is 2.43. The number of likely N-dealkylation sites (tertiary alicyclic amines) is 1. The molecule has 6 nitrogen and oxygen atoms in total. The van der Waals surface area contributed by atoms with E-state index in [0.717, 1.165) is 32.1 Å². The lowest BCUT2D eigenvalue weighted by Crippen LogP contribution is -2.46. The van der Waals surface area contributed by atoms with Gasteiger partial charge in [-0.2, -0.15) is 0 Å². The van der Waals surface area contributed by atoms with Crippen molar-refractivity contribution in [2.75, 3.05) is 39.3 Å². The van der Waals surface area contributed by atoms with Crippen molar-refractivity contribution in [1.29, 1.82) is 0 Å². The molecule has 2 fully saturated rings. The lowest BCUT2D eigenvalue weighted by molar-refractivity contribution is -0.126. The van der Waals surface area contributed by atoms with Crippen molar-refractivity contribution in [2.24, 2.45) is 5.92 Å². The van der Waals surface area contributed by atoms with E-state index >= 15 is 0 Å². The van der Waals surface area contributed by atoms with Gasteiger partial charge in [0.2, 0.25) is 5.91 Å². The topological polar surface area (TPSA) is 61.9 Å². The lowest BCUT2D eigenvalue weighted by Gasteiger charge is -2.35. The van der Waals surface area contributed by atoms with Crippen molar-refractivity contribution in [3.63, 3.8) is 0 Å². The number of morpholine rings is 1. The van der Waals surface area contributed by atoms with Gasteiger partial charge in [0, 0.05) is 51.3 Å². The predicted molar refractivity (Wildman–Crippen MR) is 109 cm³/mol. The molecule has 2 amide bonds. The standard InChI is InChI=1S/C22H31F2N3O3/c1-15-13-26(14-16(2)30-15)9-3-8-25-21(28)17-6-10-27(11-7-17)22(29)19-5-4-18(23)12-20(19)24/h4-5,12,15-17H,3,6-11,13-14H2,1-2H3,(H,25,28). The molecule has 3 rings (SSSR count). The Hall–Kier alpha value is -2.06. The summed E-state index contributed by atoms with van der Waals surface area (Å²) in [6.45, 7) is 8.30. The Morgan fingerprint density at radius 3 is 2.43 bits per heavy atom. The summed E-state index contributed by atoms with van der Waals surface area (Å²) in [4.78, 5) is 28.8. The van der Waals surface area contributed by atoms with Crippen LogP contribution in [-0.2, 0) is 9.53 Å². The molecule has 0 radical (unpaired) electrons. The minimum Gasteiger partial charge on any atom is -0.373 e. The van der Waals surface area contributed by atoms with Crippen LogP contribution in [-0.4, -0.2) is 73.1 Å². The number of hydrogen-bond donors (Lipinski definition) is 1. The monoisotopic (exact) mass is 423 g/mol. The summed E-state index contributed by atoms with van der Waals surface area (Å²) in [6, 6.07) is 2.96. The van der Waals surface area contributed by atoms with Gasteiger partial charge in [0.15, 0.2) is 0 Å². The molecular weight excluding hydrogens is 392 g/mol. The van der Waals surface area contributed by atoms with Crippen LogP contribution in [0.2, 0.25) is 0 Å². The summed E-state index contributed by atoms with van der Waals surface area (Å²) in [5, 5.41) is 3.00. The molecule has 1 N–H and O–H groups in total. The van der Waals surface area contributed by atoms with E-state index in [0.29, 0.717) is 38.5 Å². The fourth-order valence-corrected chi connectivity index (χ4v) is 4.30. The third kappa shape index (κ3) is 5.98. The van der Waals surface area contributed by atoms with Gasteiger partial charge in [-0.05, 0) is 45.2 Å². The second kappa shape index (κ2) is 10.3. The van der Waals surface area contributed by atoms with Gasteiger partial charge >= 0.3 is 0 Å². The van der Waals surface area contributed by atoms with Crippen LogP contribution in [0, 0.1) is 17.6 Å². The number of nitrogens with one attached hydrogen (secondary N) is 1. The van der Waals surface area contributed by atoms with Gasteiger partial charge in [-0.1, -0.05) is 0 Å². The first-order chi connectivity index (χ1) is 14.3. The summed E-state index contributed by atoms with van der Waals surface area (Å²) in [5.41, 5.74) is -0.133. The van der Waals surface area contributed by atoms with E-state index in [9.17, 15) is 18.4 Å². The number of amides is 2. The highest BCUT2D eigenvalue weighted by Gasteiger charge is 2.29. The molecular formula is C22H31F2N3O3. The van der Waals surface area contributed by atoms with Crippen LogP contribution in [0.3, 0.4) is 0 Å². The number of piperidine rings is 1. The van der Waals surface area contributed by atoms with Gasteiger partial charge in [0.25, 0.3) is 5.91 Å². The van der Waals surface area contributed by atoms with E-state index in [1.165, 1.54) is 11.0 Å². The maximum absolute atomic E-state index is 13.8. The van der Waals surface area contributed by atoms with Crippen LogP contribution >= 0.6 is 0 Å². The quantitative estimate of drug-likeness (QED) is 0.714. The zero-order valence-corrected chi connectivity index (χ0v) is 17.7. The summed E-state index contributed by atoms with van der Waals surface area (Å²) in [7, 11) is 0. The number of ether oxygens (including phenoxy) is 1. The molecule has 166 valence electrons. The molecule has 0 bridgehead atoms. The zero-order valence-electron chi connectivity index (χ0n) is 17.7. The second-order valence-corrected chi connectivity index (χ2v) is 8.35. The lowest BCUT2D eigenvalue weighted by atomic mass is 9.95. The molecule has 2 aliphatic rings. The molecule has 8 heteroatoms. The van der Waals surface area contributed by atoms with Gasteiger partial charge in [0.1, 0.15) is 11.6 Å². The van der Waals surface area contributed by atoms with Crippen molar-refractivity contribution < 1.29 is 23.1 Å². The van der Waals surface area contributed by atoms with Crippen LogP contribution in [0.4, 0.5) is 8.78 Å². The SMILES string of the molecule is CC1CN(CCCNC(=O)C2CCN(C(=O)c3ccc(F)cc3F)CC2)CC(C)O1. The van der Waals surface area contributed by atoms with Gasteiger partial charge in [-0.15, -0.1) is 0 Å². The largest absolute Gasteiger partial charge is 0.373 e. The average molecular weight is 424 g/mol. The minimum atomic E-state index is -0.857. The third-order valence-electron chi connectivity index (χ3n) is 5.76. The maximum atomic E-state index is 13.8. The summed E-state index contributed by atoms with van der Waals surface area (Å²) >= 11 is 0. The molecule has 0 spiro atoms. The first-order valence-corrected chi connectivity index (χ1v) is 10.7. The van der Waals surface area contributed by atoms with Crippen molar-refractivity contribution >= 4 is 11.8 Å². The first-order valence-electron chi connectivity index (χ1n) is 10.7. The highest BCUT2D eigenvalue weighted by Crippen LogP contribution is 2.21. The van der Waals surface area contributed by atoms with E-state index < -0.39 is 17.5 Å². The van der Waals surface area contributed by atoms with Crippen molar-refractivity contribution in [3.05, 3.63) is 35.4 Å². The van der Waals surface area contributed by atoms with Crippen LogP contribution in [0.15, 0.2) is 18.2 Å². The van der Waals surface area contributed by atoms with Crippen LogP contribution in [0.1, 0.15) is 43.5 Å². The van der Waals surface area contributed by atoms with E-state index in [4.69, 9.17) is 4.74 Å². The molecule has 2 aliphatic heterocycles. The summed E-state index contributed by atoms with van der Waals surface area (Å²) in [5.74, 6) is -2.16. The number of carbonyl (C=O) groups is 2. The Bertz CT molecular complexity index is 743. The molecule has 2 atom stereocenters. The fourth-order valence-electron chi connectivity index (χ4n) is 4.30. The van der Waals surface area contributed by atoms with Crippen molar-refractivity contribution in [3.8, 4) is 0 Å². The number of nitrogens with zero attached hydrogens (tertiary/aromatic N) is 2. The summed E-state index contributed by atoms with van der Waals surface area (Å²) < 4.78 is 32.6. The smallest absolute Gasteiger partial charge is 0.256 e. The minimum absolute atomic E-state index is 0.0128. The van der Waals surface area contributed by atoms with Gasteiger partial charge in [0.05, 0.1) is 17.8 Å². The van der Waals surface area contributed by atoms with Gasteiger partial charge in [-0.25, -0.2) is 8.78 Å². The van der Waals surface area contributed by atoms with Crippen LogP contribution < -0.4 is 5.32 Å². The Balaban J connectivity index is 1.37. The van der Waals surface area contributed by atoms with Crippen LogP contribution in [0.5, 0.6) is 0 Å². The number of hydrogen-bond acceptors (Lipinski definition) is 4. The number of benzene rings is 1. The van der Waals surface area contributed by atoms with E-state index in [2.05, 4.69) is 24.1 Å². The van der Waals surface area contributed by atoms with Gasteiger partial charge in [-0.3, -0.25) is 14.5 Å². The van der Waals surface area contributed by atoms with Crippen molar-refractivity contribution in [2.45, 2.75) is 45.3 Å². The molecule has 0 aromatic heterocycles. The van der Waals surface area contributed by atoms with E-state index in [1.54, 1.807) is 0 Å². The molecule has 2 unspecified atom stereocenters. The maximum Gasteiger partial charge on any atom is 0.256 e. The summed E-state index contributed by atoms with van der Waals surface area (Å²) in [6.07, 6.45) is 2.43. The van der Waals surface area contributed by atoms with Crippen molar-refractivity contribution in [1.82, 2.24) is 15.1 Å². The van der Waals surface area contributed by atoms with Gasteiger partial charge < -0.3 is 15.0 Å². The molecule has 30 heavy (non-hydrogen) atoms. The highest BCUT2D eigenvalue weighted by molar-refractivity contribution is 5.94. The Labute approximate surface area is 176 Å². The fraction of sp³-hybridized carbons (Fsp3) is 0.636. The molecule has 1 aromatic rings. The molecule has 1 aromatic carbocycles. The number of carbonyl (C=O) groups excluding carboxylic acids is 2. The normalized spacial score (nSPS) is 23.4. The second-order valence-electron chi connectivity index (χ2n) is 8.35. The molecule has 0 saturated carbocycles.